The van der Waals surface area contributed by atoms with Gasteiger partial charge in [0, 0.05) is 45.2 Å². The molecule has 2 saturated heterocycles. The quantitative estimate of drug-likeness (QED) is 0.673. The van der Waals surface area contributed by atoms with Gasteiger partial charge in [-0.3, -0.25) is 4.79 Å². The van der Waals surface area contributed by atoms with Crippen molar-refractivity contribution in [3.8, 4) is 0 Å². The Morgan fingerprint density at radius 2 is 1.56 bits per heavy atom. The summed E-state index contributed by atoms with van der Waals surface area (Å²) < 4.78 is 59.3. The monoisotopic (exact) mass is 473 g/mol. The lowest BCUT2D eigenvalue weighted by atomic mass is 9.95. The molecule has 2 heterocycles. The molecule has 1 aromatic rings. The van der Waals surface area contributed by atoms with E-state index < -0.39 is 38.2 Å². The van der Waals surface area contributed by atoms with Crippen molar-refractivity contribution in [1.82, 2.24) is 14.1 Å². The van der Waals surface area contributed by atoms with Crippen LogP contribution < -0.4 is 0 Å². The summed E-state index contributed by atoms with van der Waals surface area (Å²) in [7, 11) is -4.20. The molecule has 3 rings (SSSR count). The van der Waals surface area contributed by atoms with Crippen LogP contribution in [-0.4, -0.2) is 79.4 Å². The smallest absolute Gasteiger partial charge is 0.410 e. The molecule has 2 amide bonds. The largest absolute Gasteiger partial charge is 0.444 e. The average molecular weight is 474 g/mol. The molecule has 2 fully saturated rings. The van der Waals surface area contributed by atoms with E-state index in [1.54, 1.807) is 30.6 Å². The third-order valence-corrected chi connectivity index (χ3v) is 7.47. The number of nitrogens with zero attached hydrogens (tertiary/aromatic N) is 3. The van der Waals surface area contributed by atoms with Gasteiger partial charge in [-0.05, 0) is 51.8 Å². The molecule has 0 N–H and O–H groups in total. The Kier molecular flexibility index (Phi) is 7.09. The van der Waals surface area contributed by atoms with Gasteiger partial charge in [0.05, 0.1) is 0 Å². The molecule has 0 aromatic heterocycles. The van der Waals surface area contributed by atoms with Crippen LogP contribution in [0.3, 0.4) is 0 Å². The highest BCUT2D eigenvalue weighted by Gasteiger charge is 2.36. The van der Waals surface area contributed by atoms with Gasteiger partial charge in [0.2, 0.25) is 15.9 Å². The molecule has 0 aliphatic carbocycles. The number of hydrogen-bond acceptors (Lipinski definition) is 5. The summed E-state index contributed by atoms with van der Waals surface area (Å²) in [5.74, 6) is -2.18. The highest BCUT2D eigenvalue weighted by atomic mass is 32.2. The Labute approximate surface area is 187 Å². The van der Waals surface area contributed by atoms with Gasteiger partial charge in [-0.25, -0.2) is 22.0 Å². The summed E-state index contributed by atoms with van der Waals surface area (Å²) in [5.41, 5.74) is -0.585. The standard InChI is InChI=1S/C21H29F2N3O5S/c1-21(2,3)31-20(28)25-8-6-15(7-9-25)19(27)24-10-12-26(13-11-24)32(29,30)18-14-16(22)4-5-17(18)23/h4-5,14-15H,6-13H2,1-3H3. The predicted octanol–water partition coefficient (Wildman–Crippen LogP) is 2.44. The number of carbonyl (C=O) groups is 2. The first-order valence-corrected chi connectivity index (χ1v) is 12.0. The fourth-order valence-corrected chi connectivity index (χ4v) is 5.35. The van der Waals surface area contributed by atoms with Crippen molar-refractivity contribution in [3.05, 3.63) is 29.8 Å². The lowest BCUT2D eigenvalue weighted by molar-refractivity contribution is -0.138. The van der Waals surface area contributed by atoms with E-state index in [9.17, 15) is 26.8 Å². The van der Waals surface area contributed by atoms with Crippen LogP contribution in [0.25, 0.3) is 0 Å². The van der Waals surface area contributed by atoms with E-state index in [1.165, 1.54) is 0 Å². The topological polar surface area (TPSA) is 87.2 Å². The van der Waals surface area contributed by atoms with Crippen LogP contribution >= 0.6 is 0 Å². The normalized spacial score (nSPS) is 19.2. The van der Waals surface area contributed by atoms with Gasteiger partial charge >= 0.3 is 6.09 Å². The molecule has 8 nitrogen and oxygen atoms in total. The van der Waals surface area contributed by atoms with E-state index in [0.717, 1.165) is 16.4 Å². The molecule has 0 bridgehead atoms. The minimum Gasteiger partial charge on any atom is -0.444 e. The number of carbonyl (C=O) groups excluding carboxylic acids is 2. The lowest BCUT2D eigenvalue weighted by Gasteiger charge is -2.38. The Hall–Kier alpha value is -2.27. The first-order chi connectivity index (χ1) is 14.9. The molecular weight excluding hydrogens is 444 g/mol. The van der Waals surface area contributed by atoms with Crippen molar-refractivity contribution >= 4 is 22.0 Å². The Morgan fingerprint density at radius 1 is 0.969 bits per heavy atom. The lowest BCUT2D eigenvalue weighted by Crippen LogP contribution is -2.53. The number of ether oxygens (including phenoxy) is 1. The molecule has 0 spiro atoms. The number of likely N-dealkylation sites (tertiary alicyclic amines) is 1. The van der Waals surface area contributed by atoms with Crippen LogP contribution in [0, 0.1) is 17.6 Å². The van der Waals surface area contributed by atoms with Crippen molar-refractivity contribution in [2.24, 2.45) is 5.92 Å². The van der Waals surface area contributed by atoms with Crippen LogP contribution in [0.5, 0.6) is 0 Å². The Balaban J connectivity index is 1.54. The predicted molar refractivity (Wildman–Crippen MR) is 112 cm³/mol. The molecule has 2 aliphatic rings. The zero-order chi connectivity index (χ0) is 23.7. The van der Waals surface area contributed by atoms with Crippen LogP contribution in [0.15, 0.2) is 23.1 Å². The summed E-state index contributed by atoms with van der Waals surface area (Å²) in [6.45, 7) is 6.55. The number of sulfonamides is 1. The van der Waals surface area contributed by atoms with Crippen molar-refractivity contribution in [1.29, 1.82) is 0 Å². The third-order valence-electron chi connectivity index (χ3n) is 5.56. The fourth-order valence-electron chi connectivity index (χ4n) is 3.86. The number of amides is 2. The van der Waals surface area contributed by atoms with Crippen LogP contribution in [0.4, 0.5) is 13.6 Å². The molecule has 0 radical (unpaired) electrons. The molecule has 178 valence electrons. The molecule has 0 atom stereocenters. The van der Waals surface area contributed by atoms with Crippen molar-refractivity contribution in [2.45, 2.75) is 44.1 Å². The summed E-state index contributed by atoms with van der Waals surface area (Å²) in [6.07, 6.45) is 0.614. The van der Waals surface area contributed by atoms with Gasteiger partial charge in [-0.1, -0.05) is 0 Å². The minimum absolute atomic E-state index is 0.000774. The summed E-state index contributed by atoms with van der Waals surface area (Å²) >= 11 is 0. The highest BCUT2D eigenvalue weighted by molar-refractivity contribution is 7.89. The van der Waals surface area contributed by atoms with E-state index in [1.807, 2.05) is 0 Å². The van der Waals surface area contributed by atoms with E-state index in [2.05, 4.69) is 0 Å². The number of piperazine rings is 1. The van der Waals surface area contributed by atoms with Gasteiger partial charge < -0.3 is 14.5 Å². The van der Waals surface area contributed by atoms with Crippen molar-refractivity contribution in [3.63, 3.8) is 0 Å². The molecule has 2 aliphatic heterocycles. The summed E-state index contributed by atoms with van der Waals surface area (Å²) in [6, 6.07) is 2.31. The molecule has 0 unspecified atom stereocenters. The number of hydrogen-bond donors (Lipinski definition) is 0. The Morgan fingerprint density at radius 3 is 2.12 bits per heavy atom. The Bertz CT molecular complexity index is 964. The van der Waals surface area contributed by atoms with Crippen LogP contribution in [-0.2, 0) is 19.6 Å². The van der Waals surface area contributed by atoms with Crippen LogP contribution in [0.2, 0.25) is 0 Å². The first-order valence-electron chi connectivity index (χ1n) is 10.6. The van der Waals surface area contributed by atoms with E-state index >= 15 is 0 Å². The number of benzene rings is 1. The molecule has 1 aromatic carbocycles. The van der Waals surface area contributed by atoms with Gasteiger partial charge in [-0.2, -0.15) is 4.31 Å². The van der Waals surface area contributed by atoms with Gasteiger partial charge in [0.25, 0.3) is 0 Å². The van der Waals surface area contributed by atoms with Gasteiger partial charge in [-0.15, -0.1) is 0 Å². The minimum atomic E-state index is -4.20. The number of piperidine rings is 1. The maximum atomic E-state index is 14.0. The number of halogens is 2. The molecule has 32 heavy (non-hydrogen) atoms. The average Bonchev–Trinajstić information content (AvgIpc) is 2.74. The SMILES string of the molecule is CC(C)(C)OC(=O)N1CCC(C(=O)N2CCN(S(=O)(=O)c3cc(F)ccc3F)CC2)CC1. The summed E-state index contributed by atoms with van der Waals surface area (Å²) in [4.78, 5) is 27.6. The second-order valence-electron chi connectivity index (χ2n) is 9.05. The number of rotatable bonds is 3. The van der Waals surface area contributed by atoms with E-state index in [4.69, 9.17) is 4.74 Å². The zero-order valence-corrected chi connectivity index (χ0v) is 19.3. The summed E-state index contributed by atoms with van der Waals surface area (Å²) in [5, 5.41) is 0. The maximum Gasteiger partial charge on any atom is 0.410 e. The fraction of sp³-hybridized carbons (Fsp3) is 0.619. The van der Waals surface area contributed by atoms with Gasteiger partial charge in [0.15, 0.2) is 0 Å². The van der Waals surface area contributed by atoms with E-state index in [0.29, 0.717) is 32.0 Å². The van der Waals surface area contributed by atoms with Crippen LogP contribution in [0.1, 0.15) is 33.6 Å². The molecule has 11 heteroatoms. The molecular formula is C21H29F2N3O5S. The van der Waals surface area contributed by atoms with Crippen molar-refractivity contribution in [2.75, 3.05) is 39.3 Å². The highest BCUT2D eigenvalue weighted by Crippen LogP contribution is 2.25. The third kappa shape index (κ3) is 5.55. The van der Waals surface area contributed by atoms with Crippen molar-refractivity contribution < 1.29 is 31.5 Å². The maximum absolute atomic E-state index is 14.0. The zero-order valence-electron chi connectivity index (χ0n) is 18.5. The first kappa shape index (κ1) is 24.4. The second kappa shape index (κ2) is 9.30. The van der Waals surface area contributed by atoms with E-state index in [-0.39, 0.29) is 38.0 Å². The molecule has 0 saturated carbocycles. The second-order valence-corrected chi connectivity index (χ2v) is 11.0. The van der Waals surface area contributed by atoms with Gasteiger partial charge in [0.1, 0.15) is 22.1 Å².